The number of carbonyl (C=O) groups excluding carboxylic acids is 1. The van der Waals surface area contributed by atoms with Crippen molar-refractivity contribution in [2.24, 2.45) is 0 Å². The molecule has 3 nitrogen and oxygen atoms in total. The SMILES string of the molecule is CCC1C(=O)N(CC)c2ccc(C(O)c3ccccc3)cc21. The van der Waals surface area contributed by atoms with E-state index in [0.29, 0.717) is 6.54 Å². The van der Waals surface area contributed by atoms with Crippen LogP contribution in [0.1, 0.15) is 49.0 Å². The van der Waals surface area contributed by atoms with Crippen molar-refractivity contribution < 1.29 is 9.90 Å². The van der Waals surface area contributed by atoms with Crippen molar-refractivity contribution in [2.75, 3.05) is 11.4 Å². The predicted octanol–water partition coefficient (Wildman–Crippen LogP) is 3.63. The molecule has 1 N–H and O–H groups in total. The van der Waals surface area contributed by atoms with Gasteiger partial charge in [0.25, 0.3) is 0 Å². The predicted molar refractivity (Wildman–Crippen MR) is 88.0 cm³/mol. The molecule has 22 heavy (non-hydrogen) atoms. The van der Waals surface area contributed by atoms with E-state index < -0.39 is 6.10 Å². The van der Waals surface area contributed by atoms with Crippen molar-refractivity contribution in [3.8, 4) is 0 Å². The van der Waals surface area contributed by atoms with Gasteiger partial charge >= 0.3 is 0 Å². The number of aliphatic hydroxyl groups excluding tert-OH is 1. The molecule has 0 radical (unpaired) electrons. The number of likely N-dealkylation sites (N-methyl/N-ethyl adjacent to an activating group) is 1. The second kappa shape index (κ2) is 5.93. The first kappa shape index (κ1) is 14.8. The van der Waals surface area contributed by atoms with Crippen LogP contribution in [0.3, 0.4) is 0 Å². The molecule has 1 heterocycles. The van der Waals surface area contributed by atoms with Gasteiger partial charge in [-0.15, -0.1) is 0 Å². The van der Waals surface area contributed by atoms with E-state index in [1.54, 1.807) is 0 Å². The summed E-state index contributed by atoms with van der Waals surface area (Å²) in [6.07, 6.45) is 0.127. The van der Waals surface area contributed by atoms with Crippen LogP contribution in [0.4, 0.5) is 5.69 Å². The van der Waals surface area contributed by atoms with E-state index >= 15 is 0 Å². The number of benzene rings is 2. The molecule has 0 bridgehead atoms. The van der Waals surface area contributed by atoms with Crippen LogP contribution in [0.25, 0.3) is 0 Å². The van der Waals surface area contributed by atoms with Crippen LogP contribution in [0.2, 0.25) is 0 Å². The molecule has 0 saturated carbocycles. The van der Waals surface area contributed by atoms with Gasteiger partial charge in [0.2, 0.25) is 5.91 Å². The largest absolute Gasteiger partial charge is 0.384 e. The fourth-order valence-corrected chi connectivity index (χ4v) is 3.26. The van der Waals surface area contributed by atoms with Gasteiger partial charge < -0.3 is 10.0 Å². The first-order chi connectivity index (χ1) is 10.7. The normalized spacial score (nSPS) is 18.4. The standard InChI is InChI=1S/C19H21NO2/c1-3-15-16-12-14(18(21)13-8-6-5-7-9-13)10-11-17(16)20(4-2)19(15)22/h5-12,15,18,21H,3-4H2,1-2H3. The number of rotatable bonds is 4. The van der Waals surface area contributed by atoms with Crippen LogP contribution in [-0.2, 0) is 4.79 Å². The average molecular weight is 295 g/mol. The molecule has 1 aliphatic rings. The minimum atomic E-state index is -0.658. The van der Waals surface area contributed by atoms with Gasteiger partial charge in [0, 0.05) is 12.2 Å². The van der Waals surface area contributed by atoms with Crippen molar-refractivity contribution in [1.82, 2.24) is 0 Å². The highest BCUT2D eigenvalue weighted by Gasteiger charge is 2.35. The zero-order valence-electron chi connectivity index (χ0n) is 13.0. The van der Waals surface area contributed by atoms with Gasteiger partial charge in [-0.3, -0.25) is 4.79 Å². The van der Waals surface area contributed by atoms with E-state index in [9.17, 15) is 9.90 Å². The summed E-state index contributed by atoms with van der Waals surface area (Å²) in [7, 11) is 0. The summed E-state index contributed by atoms with van der Waals surface area (Å²) >= 11 is 0. The Morgan fingerprint density at radius 3 is 2.45 bits per heavy atom. The second-order valence-electron chi connectivity index (χ2n) is 5.67. The van der Waals surface area contributed by atoms with Gasteiger partial charge in [0.05, 0.1) is 5.92 Å². The number of amides is 1. The van der Waals surface area contributed by atoms with Gasteiger partial charge in [-0.1, -0.05) is 43.3 Å². The fourth-order valence-electron chi connectivity index (χ4n) is 3.26. The zero-order valence-corrected chi connectivity index (χ0v) is 13.0. The topological polar surface area (TPSA) is 40.5 Å². The number of carbonyl (C=O) groups is 1. The summed E-state index contributed by atoms with van der Waals surface area (Å²) in [5, 5.41) is 10.6. The smallest absolute Gasteiger partial charge is 0.234 e. The molecule has 0 aliphatic carbocycles. The molecule has 2 atom stereocenters. The third-order valence-electron chi connectivity index (χ3n) is 4.44. The summed E-state index contributed by atoms with van der Waals surface area (Å²) < 4.78 is 0. The van der Waals surface area contributed by atoms with Crippen molar-refractivity contribution in [2.45, 2.75) is 32.3 Å². The van der Waals surface area contributed by atoms with E-state index in [4.69, 9.17) is 0 Å². The molecule has 114 valence electrons. The van der Waals surface area contributed by atoms with E-state index in [0.717, 1.165) is 28.8 Å². The van der Waals surface area contributed by atoms with E-state index in [1.165, 1.54) is 0 Å². The summed E-state index contributed by atoms with van der Waals surface area (Å²) in [5.74, 6) is 0.0872. The first-order valence-corrected chi connectivity index (χ1v) is 7.85. The highest BCUT2D eigenvalue weighted by atomic mass is 16.3. The number of anilines is 1. The number of hydrogen-bond acceptors (Lipinski definition) is 2. The highest BCUT2D eigenvalue weighted by Crippen LogP contribution is 2.40. The molecule has 2 unspecified atom stereocenters. The molecule has 0 fully saturated rings. The molecular formula is C19H21NO2. The monoisotopic (exact) mass is 295 g/mol. The minimum absolute atomic E-state index is 0.0853. The Morgan fingerprint density at radius 1 is 1.09 bits per heavy atom. The summed E-state index contributed by atoms with van der Waals surface area (Å²) in [4.78, 5) is 14.3. The van der Waals surface area contributed by atoms with Crippen molar-refractivity contribution in [1.29, 1.82) is 0 Å². The van der Waals surface area contributed by atoms with Gasteiger partial charge in [0.1, 0.15) is 6.10 Å². The Hall–Kier alpha value is -2.13. The lowest BCUT2D eigenvalue weighted by Crippen LogP contribution is -2.28. The van der Waals surface area contributed by atoms with Crippen LogP contribution < -0.4 is 4.90 Å². The number of fused-ring (bicyclic) bond motifs is 1. The summed E-state index contributed by atoms with van der Waals surface area (Å²) in [5.41, 5.74) is 3.74. The maximum Gasteiger partial charge on any atom is 0.234 e. The molecule has 1 aliphatic heterocycles. The van der Waals surface area contributed by atoms with Gasteiger partial charge in [-0.2, -0.15) is 0 Å². The van der Waals surface area contributed by atoms with Gasteiger partial charge in [-0.25, -0.2) is 0 Å². The van der Waals surface area contributed by atoms with Crippen LogP contribution in [0.5, 0.6) is 0 Å². The maximum atomic E-state index is 12.4. The molecule has 2 aromatic carbocycles. The number of aliphatic hydroxyl groups is 1. The van der Waals surface area contributed by atoms with Gasteiger partial charge in [-0.05, 0) is 42.2 Å². The zero-order chi connectivity index (χ0) is 15.7. The Balaban J connectivity index is 2.01. The first-order valence-electron chi connectivity index (χ1n) is 7.85. The molecule has 0 aromatic heterocycles. The molecule has 3 heteroatoms. The molecule has 2 aromatic rings. The van der Waals surface area contributed by atoms with Crippen LogP contribution >= 0.6 is 0 Å². The fraction of sp³-hybridized carbons (Fsp3) is 0.316. The molecule has 1 amide bonds. The van der Waals surface area contributed by atoms with Crippen molar-refractivity contribution in [3.05, 3.63) is 65.2 Å². The minimum Gasteiger partial charge on any atom is -0.384 e. The molecule has 3 rings (SSSR count). The molecule has 0 saturated heterocycles. The van der Waals surface area contributed by atoms with Crippen molar-refractivity contribution >= 4 is 11.6 Å². The number of nitrogens with zero attached hydrogens (tertiary/aromatic N) is 1. The summed E-state index contributed by atoms with van der Waals surface area (Å²) in [6, 6.07) is 15.5. The molecular weight excluding hydrogens is 274 g/mol. The second-order valence-corrected chi connectivity index (χ2v) is 5.67. The molecule has 0 spiro atoms. The van der Waals surface area contributed by atoms with E-state index in [2.05, 4.69) is 0 Å². The Labute approximate surface area is 131 Å². The lowest BCUT2D eigenvalue weighted by molar-refractivity contribution is -0.119. The van der Waals surface area contributed by atoms with E-state index in [-0.39, 0.29) is 11.8 Å². The Morgan fingerprint density at radius 2 is 1.82 bits per heavy atom. The quantitative estimate of drug-likeness (QED) is 0.935. The number of hydrogen-bond donors (Lipinski definition) is 1. The van der Waals surface area contributed by atoms with Crippen LogP contribution in [0.15, 0.2) is 48.5 Å². The lowest BCUT2D eigenvalue weighted by atomic mass is 9.93. The highest BCUT2D eigenvalue weighted by molar-refractivity contribution is 6.04. The average Bonchev–Trinajstić information content (AvgIpc) is 2.84. The van der Waals surface area contributed by atoms with Gasteiger partial charge in [0.15, 0.2) is 0 Å². The van der Waals surface area contributed by atoms with Crippen LogP contribution in [-0.4, -0.2) is 17.6 Å². The Kier molecular flexibility index (Phi) is 3.99. The summed E-state index contributed by atoms with van der Waals surface area (Å²) in [6.45, 7) is 4.71. The van der Waals surface area contributed by atoms with Crippen LogP contribution in [0, 0.1) is 0 Å². The third kappa shape index (κ3) is 2.32. The Bertz CT molecular complexity index is 681. The van der Waals surface area contributed by atoms with E-state index in [1.807, 2.05) is 67.3 Å². The third-order valence-corrected chi connectivity index (χ3v) is 4.44. The van der Waals surface area contributed by atoms with Crippen molar-refractivity contribution in [3.63, 3.8) is 0 Å². The lowest BCUT2D eigenvalue weighted by Gasteiger charge is -2.16. The maximum absolute atomic E-state index is 12.4.